The fraction of sp³-hybridized carbons (Fsp3) is 0.222. The van der Waals surface area contributed by atoms with Gasteiger partial charge in [-0.25, -0.2) is 4.79 Å². The number of ether oxygens (including phenoxy) is 1. The van der Waals surface area contributed by atoms with Gasteiger partial charge in [0.05, 0.1) is 17.9 Å². The second-order valence-electron chi connectivity index (χ2n) is 2.10. The second-order valence-corrected chi connectivity index (χ2v) is 2.10. The van der Waals surface area contributed by atoms with E-state index < -0.39 is 5.97 Å². The summed E-state index contributed by atoms with van der Waals surface area (Å²) < 4.78 is 4.77. The fourth-order valence-electron chi connectivity index (χ4n) is 0.759. The van der Waals surface area contributed by atoms with Gasteiger partial charge in [0, 0.05) is 0 Å². The van der Waals surface area contributed by atoms with Crippen LogP contribution in [0.3, 0.4) is 0 Å². The molecule has 0 fully saturated rings. The maximum absolute atomic E-state index is 11.2. The van der Waals surface area contributed by atoms with Gasteiger partial charge in [-0.05, 0) is 13.0 Å². The third kappa shape index (κ3) is 3.13. The quantitative estimate of drug-likeness (QED) is 0.215. The third-order valence-corrected chi connectivity index (χ3v) is 1.35. The number of hydrogen-bond donors (Lipinski definition) is 2. The highest BCUT2D eigenvalue weighted by molar-refractivity contribution is 5.92. The third-order valence-electron chi connectivity index (χ3n) is 1.35. The SMILES string of the molecule is C=C/C(NN)=C(\C=C)C(=O)OCC. The lowest BCUT2D eigenvalue weighted by Crippen LogP contribution is -2.23. The summed E-state index contributed by atoms with van der Waals surface area (Å²) >= 11 is 0. The molecule has 0 amide bonds. The summed E-state index contributed by atoms with van der Waals surface area (Å²) in [6, 6.07) is 0. The number of hydrogen-bond acceptors (Lipinski definition) is 4. The molecular formula is C9H14N2O2. The van der Waals surface area contributed by atoms with E-state index in [2.05, 4.69) is 18.6 Å². The van der Waals surface area contributed by atoms with Crippen molar-refractivity contribution in [3.05, 3.63) is 36.6 Å². The van der Waals surface area contributed by atoms with Crippen LogP contribution in [0.4, 0.5) is 0 Å². The van der Waals surface area contributed by atoms with E-state index in [1.807, 2.05) is 0 Å². The Labute approximate surface area is 77.7 Å². The standard InChI is InChI=1S/C9H14N2O2/c1-4-7(8(5-2)11-10)9(12)13-6-3/h4-5,11H,1-2,6,10H2,3H3/b8-7-. The molecule has 0 aliphatic rings. The summed E-state index contributed by atoms with van der Waals surface area (Å²) in [6.45, 7) is 9.00. The van der Waals surface area contributed by atoms with Crippen LogP contribution in [-0.4, -0.2) is 12.6 Å². The van der Waals surface area contributed by atoms with Crippen LogP contribution in [0.1, 0.15) is 6.92 Å². The van der Waals surface area contributed by atoms with Gasteiger partial charge in [0.25, 0.3) is 0 Å². The van der Waals surface area contributed by atoms with E-state index in [1.54, 1.807) is 6.92 Å². The molecule has 0 radical (unpaired) electrons. The number of rotatable bonds is 5. The van der Waals surface area contributed by atoms with Crippen LogP contribution in [0.5, 0.6) is 0 Å². The van der Waals surface area contributed by atoms with Gasteiger partial charge in [0.1, 0.15) is 0 Å². The van der Waals surface area contributed by atoms with Gasteiger partial charge in [0.15, 0.2) is 0 Å². The average molecular weight is 182 g/mol. The van der Waals surface area contributed by atoms with Gasteiger partial charge in [-0.1, -0.05) is 19.2 Å². The Morgan fingerprint density at radius 2 is 2.15 bits per heavy atom. The van der Waals surface area contributed by atoms with Crippen molar-refractivity contribution in [3.8, 4) is 0 Å². The van der Waals surface area contributed by atoms with Crippen LogP contribution >= 0.6 is 0 Å². The number of carbonyl (C=O) groups excluding carboxylic acids is 1. The molecule has 0 aliphatic heterocycles. The van der Waals surface area contributed by atoms with E-state index >= 15 is 0 Å². The van der Waals surface area contributed by atoms with Gasteiger partial charge in [-0.3, -0.25) is 5.84 Å². The Bertz CT molecular complexity index is 244. The molecule has 4 nitrogen and oxygen atoms in total. The first-order chi connectivity index (χ1) is 6.21. The molecule has 4 heteroatoms. The van der Waals surface area contributed by atoms with Gasteiger partial charge in [-0.15, -0.1) is 0 Å². The van der Waals surface area contributed by atoms with Crippen LogP contribution in [0.2, 0.25) is 0 Å². The summed E-state index contributed by atoms with van der Waals surface area (Å²) in [5.41, 5.74) is 3.01. The highest BCUT2D eigenvalue weighted by Gasteiger charge is 2.10. The largest absolute Gasteiger partial charge is 0.462 e. The number of nitrogens with one attached hydrogen (secondary N) is 1. The molecule has 0 saturated heterocycles. The van der Waals surface area contributed by atoms with Crippen LogP contribution in [-0.2, 0) is 9.53 Å². The molecule has 0 atom stereocenters. The van der Waals surface area contributed by atoms with Gasteiger partial charge < -0.3 is 10.2 Å². The number of esters is 1. The van der Waals surface area contributed by atoms with Crippen molar-refractivity contribution in [2.45, 2.75) is 6.92 Å². The first kappa shape index (κ1) is 11.4. The predicted octanol–water partition coefficient (Wildman–Crippen LogP) is 0.639. The summed E-state index contributed by atoms with van der Waals surface area (Å²) in [6.07, 6.45) is 2.79. The lowest BCUT2D eigenvalue weighted by Gasteiger charge is -2.06. The molecule has 0 bridgehead atoms. The number of nitrogens with two attached hydrogens (primary N) is 1. The molecular weight excluding hydrogens is 168 g/mol. The highest BCUT2D eigenvalue weighted by Crippen LogP contribution is 2.05. The first-order valence-corrected chi connectivity index (χ1v) is 3.84. The Kier molecular flexibility index (Phi) is 5.30. The van der Waals surface area contributed by atoms with E-state index in [-0.39, 0.29) is 5.57 Å². The Balaban J connectivity index is 4.83. The Morgan fingerprint density at radius 1 is 1.54 bits per heavy atom. The molecule has 0 aromatic heterocycles. The number of carbonyl (C=O) groups is 1. The van der Waals surface area contributed by atoms with Crippen LogP contribution in [0.25, 0.3) is 0 Å². The maximum Gasteiger partial charge on any atom is 0.340 e. The molecule has 0 unspecified atom stereocenters. The van der Waals surface area contributed by atoms with Gasteiger partial charge in [0.2, 0.25) is 0 Å². The molecule has 0 aliphatic carbocycles. The van der Waals surface area contributed by atoms with E-state index in [0.29, 0.717) is 12.3 Å². The minimum atomic E-state index is -0.467. The van der Waals surface area contributed by atoms with Crippen molar-refractivity contribution in [1.29, 1.82) is 0 Å². The summed E-state index contributed by atoms with van der Waals surface area (Å²) in [5, 5.41) is 0. The van der Waals surface area contributed by atoms with E-state index in [9.17, 15) is 4.79 Å². The Hall–Kier alpha value is -1.55. The highest BCUT2D eigenvalue weighted by atomic mass is 16.5. The van der Waals surface area contributed by atoms with Crippen LogP contribution in [0.15, 0.2) is 36.6 Å². The first-order valence-electron chi connectivity index (χ1n) is 3.84. The lowest BCUT2D eigenvalue weighted by molar-refractivity contribution is -0.138. The van der Waals surface area contributed by atoms with Crippen molar-refractivity contribution in [1.82, 2.24) is 5.43 Å². The normalized spacial score (nSPS) is 11.2. The zero-order valence-corrected chi connectivity index (χ0v) is 7.67. The van der Waals surface area contributed by atoms with E-state index in [1.165, 1.54) is 12.2 Å². The molecule has 3 N–H and O–H groups in total. The maximum atomic E-state index is 11.2. The number of allylic oxidation sites excluding steroid dienone is 1. The molecule has 13 heavy (non-hydrogen) atoms. The molecule has 0 heterocycles. The monoisotopic (exact) mass is 182 g/mol. The molecule has 0 spiro atoms. The van der Waals surface area contributed by atoms with Crippen molar-refractivity contribution in [3.63, 3.8) is 0 Å². The van der Waals surface area contributed by atoms with Crippen molar-refractivity contribution in [2.24, 2.45) is 5.84 Å². The molecule has 0 saturated carbocycles. The topological polar surface area (TPSA) is 64.3 Å². The average Bonchev–Trinajstić information content (AvgIpc) is 2.14. The van der Waals surface area contributed by atoms with E-state index in [0.717, 1.165) is 0 Å². The summed E-state index contributed by atoms with van der Waals surface area (Å²) in [7, 11) is 0. The minimum Gasteiger partial charge on any atom is -0.462 e. The van der Waals surface area contributed by atoms with Crippen molar-refractivity contribution in [2.75, 3.05) is 6.61 Å². The summed E-state index contributed by atoms with van der Waals surface area (Å²) in [5.74, 6) is 4.69. The fourth-order valence-corrected chi connectivity index (χ4v) is 0.759. The predicted molar refractivity (Wildman–Crippen MR) is 51.4 cm³/mol. The van der Waals surface area contributed by atoms with E-state index in [4.69, 9.17) is 10.6 Å². The lowest BCUT2D eigenvalue weighted by atomic mass is 10.2. The smallest absolute Gasteiger partial charge is 0.340 e. The number of hydrazine groups is 1. The molecule has 0 aromatic rings. The van der Waals surface area contributed by atoms with Crippen molar-refractivity contribution < 1.29 is 9.53 Å². The van der Waals surface area contributed by atoms with Gasteiger partial charge in [-0.2, -0.15) is 0 Å². The van der Waals surface area contributed by atoms with Crippen LogP contribution in [0, 0.1) is 0 Å². The molecule has 72 valence electrons. The van der Waals surface area contributed by atoms with Gasteiger partial charge >= 0.3 is 5.97 Å². The van der Waals surface area contributed by atoms with Crippen molar-refractivity contribution >= 4 is 5.97 Å². The Morgan fingerprint density at radius 3 is 2.46 bits per heavy atom. The second kappa shape index (κ2) is 6.02. The zero-order valence-electron chi connectivity index (χ0n) is 7.67. The molecule has 0 rings (SSSR count). The molecule has 0 aromatic carbocycles. The van der Waals surface area contributed by atoms with Crippen LogP contribution < -0.4 is 11.3 Å². The summed E-state index contributed by atoms with van der Waals surface area (Å²) in [4.78, 5) is 11.2. The zero-order chi connectivity index (χ0) is 10.3. The minimum absolute atomic E-state index is 0.277.